The smallest absolute Gasteiger partial charge is 0.275 e. The summed E-state index contributed by atoms with van der Waals surface area (Å²) in [7, 11) is 4.66. The molecular formula is C18H20N2O4. The fraction of sp³-hybridized carbons (Fsp3) is 0.222. The fourth-order valence-corrected chi connectivity index (χ4v) is 2.15. The van der Waals surface area contributed by atoms with Gasteiger partial charge in [-0.25, -0.2) is 5.43 Å². The van der Waals surface area contributed by atoms with Crippen LogP contribution in [0.1, 0.15) is 22.8 Å². The second-order valence-electron chi connectivity index (χ2n) is 4.91. The van der Waals surface area contributed by atoms with E-state index < -0.39 is 0 Å². The predicted molar refractivity (Wildman–Crippen MR) is 92.2 cm³/mol. The number of hydrogen-bond acceptors (Lipinski definition) is 5. The lowest BCUT2D eigenvalue weighted by atomic mass is 10.1. The molecule has 0 aromatic heterocycles. The second-order valence-corrected chi connectivity index (χ2v) is 4.91. The van der Waals surface area contributed by atoms with E-state index in [1.165, 1.54) is 7.11 Å². The summed E-state index contributed by atoms with van der Waals surface area (Å²) in [6.07, 6.45) is 0. The summed E-state index contributed by atoms with van der Waals surface area (Å²) in [6, 6.07) is 12.4. The predicted octanol–water partition coefficient (Wildman–Crippen LogP) is 2.87. The fourth-order valence-electron chi connectivity index (χ4n) is 2.15. The Kier molecular flexibility index (Phi) is 5.78. The Morgan fingerprint density at radius 2 is 1.58 bits per heavy atom. The number of nitrogens with zero attached hydrogens (tertiary/aromatic N) is 1. The number of hydrogen-bond donors (Lipinski definition) is 1. The Balaban J connectivity index is 2.18. The largest absolute Gasteiger partial charge is 0.496 e. The quantitative estimate of drug-likeness (QED) is 0.654. The van der Waals surface area contributed by atoms with E-state index >= 15 is 0 Å². The average Bonchev–Trinajstić information content (AvgIpc) is 2.64. The highest BCUT2D eigenvalue weighted by atomic mass is 16.5. The van der Waals surface area contributed by atoms with E-state index in [0.717, 1.165) is 5.56 Å². The molecule has 0 fully saturated rings. The van der Waals surface area contributed by atoms with Crippen LogP contribution in [0.15, 0.2) is 47.6 Å². The molecule has 0 saturated heterocycles. The Bertz CT molecular complexity index is 756. The zero-order valence-electron chi connectivity index (χ0n) is 14.1. The summed E-state index contributed by atoms with van der Waals surface area (Å²) in [4.78, 5) is 12.2. The van der Waals surface area contributed by atoms with Crippen molar-refractivity contribution in [2.24, 2.45) is 5.10 Å². The molecule has 6 nitrogen and oxygen atoms in total. The second kappa shape index (κ2) is 8.01. The van der Waals surface area contributed by atoms with E-state index in [4.69, 9.17) is 14.2 Å². The third kappa shape index (κ3) is 3.84. The molecule has 2 aromatic carbocycles. The topological polar surface area (TPSA) is 69.2 Å². The molecule has 0 saturated carbocycles. The first kappa shape index (κ1) is 17.3. The average molecular weight is 328 g/mol. The summed E-state index contributed by atoms with van der Waals surface area (Å²) in [5.74, 6) is 1.38. The van der Waals surface area contributed by atoms with Gasteiger partial charge >= 0.3 is 0 Å². The van der Waals surface area contributed by atoms with Crippen molar-refractivity contribution in [3.63, 3.8) is 0 Å². The number of carbonyl (C=O) groups excluding carboxylic acids is 1. The number of methoxy groups -OCH3 is 3. The van der Waals surface area contributed by atoms with Gasteiger partial charge in [0.05, 0.1) is 32.6 Å². The van der Waals surface area contributed by atoms with Crippen molar-refractivity contribution < 1.29 is 19.0 Å². The minimum absolute atomic E-state index is 0.340. The molecule has 0 spiro atoms. The van der Waals surface area contributed by atoms with Gasteiger partial charge in [-0.15, -0.1) is 0 Å². The van der Waals surface area contributed by atoms with E-state index in [0.29, 0.717) is 28.5 Å². The third-order valence-corrected chi connectivity index (χ3v) is 3.48. The van der Waals surface area contributed by atoms with Gasteiger partial charge in [-0.05, 0) is 37.3 Å². The van der Waals surface area contributed by atoms with Crippen molar-refractivity contribution in [3.8, 4) is 17.2 Å². The minimum atomic E-state index is -0.340. The van der Waals surface area contributed by atoms with E-state index in [1.807, 2.05) is 6.07 Å². The van der Waals surface area contributed by atoms with Crippen molar-refractivity contribution in [2.45, 2.75) is 6.92 Å². The lowest BCUT2D eigenvalue weighted by molar-refractivity contribution is 0.0952. The summed E-state index contributed by atoms with van der Waals surface area (Å²) in [6.45, 7) is 1.80. The third-order valence-electron chi connectivity index (χ3n) is 3.48. The highest BCUT2D eigenvalue weighted by molar-refractivity contribution is 6.02. The number of rotatable bonds is 6. The van der Waals surface area contributed by atoms with Crippen LogP contribution >= 0.6 is 0 Å². The van der Waals surface area contributed by atoms with Crippen molar-refractivity contribution in [1.29, 1.82) is 0 Å². The molecule has 1 N–H and O–H groups in total. The van der Waals surface area contributed by atoms with Crippen LogP contribution < -0.4 is 19.6 Å². The van der Waals surface area contributed by atoms with E-state index in [1.54, 1.807) is 57.5 Å². The maximum Gasteiger partial charge on any atom is 0.275 e. The maximum atomic E-state index is 12.2. The van der Waals surface area contributed by atoms with Crippen LogP contribution in [0.2, 0.25) is 0 Å². The molecule has 0 heterocycles. The molecule has 0 atom stereocenters. The van der Waals surface area contributed by atoms with Gasteiger partial charge in [-0.3, -0.25) is 4.79 Å². The summed E-state index contributed by atoms with van der Waals surface area (Å²) in [5.41, 5.74) is 4.41. The van der Waals surface area contributed by atoms with Crippen LogP contribution in [0.3, 0.4) is 0 Å². The van der Waals surface area contributed by atoms with Gasteiger partial charge in [0.2, 0.25) is 0 Å². The molecule has 0 unspecified atom stereocenters. The van der Waals surface area contributed by atoms with Gasteiger partial charge in [0, 0.05) is 5.56 Å². The van der Waals surface area contributed by atoms with Crippen LogP contribution in [0.25, 0.3) is 0 Å². The lowest BCUT2D eigenvalue weighted by Gasteiger charge is -2.10. The molecule has 126 valence electrons. The monoisotopic (exact) mass is 328 g/mol. The first-order valence-corrected chi connectivity index (χ1v) is 7.30. The molecule has 24 heavy (non-hydrogen) atoms. The van der Waals surface area contributed by atoms with E-state index in [9.17, 15) is 4.79 Å². The standard InChI is InChI=1S/C18H20N2O4/c1-12(13-9-10-16(23-3)17(11-13)24-4)19-20-18(21)14-7-5-6-8-15(14)22-2/h5-11H,1-4H3,(H,20,21)/b19-12+. The van der Waals surface area contributed by atoms with Gasteiger partial charge in [0.1, 0.15) is 5.75 Å². The zero-order chi connectivity index (χ0) is 17.5. The molecule has 0 aliphatic heterocycles. The molecule has 0 radical (unpaired) electrons. The Labute approximate surface area is 141 Å². The molecule has 0 bridgehead atoms. The van der Waals surface area contributed by atoms with Crippen molar-refractivity contribution >= 4 is 11.6 Å². The number of carbonyl (C=O) groups is 1. The molecular weight excluding hydrogens is 308 g/mol. The highest BCUT2D eigenvalue weighted by Gasteiger charge is 2.11. The minimum Gasteiger partial charge on any atom is -0.496 e. The Morgan fingerprint density at radius 3 is 2.25 bits per heavy atom. The number of ether oxygens (including phenoxy) is 3. The van der Waals surface area contributed by atoms with Crippen molar-refractivity contribution in [1.82, 2.24) is 5.43 Å². The van der Waals surface area contributed by atoms with Crippen molar-refractivity contribution in [3.05, 3.63) is 53.6 Å². The molecule has 0 aliphatic rings. The number of amides is 1. The molecule has 0 aliphatic carbocycles. The van der Waals surface area contributed by atoms with Crippen LogP contribution in [0, 0.1) is 0 Å². The summed E-state index contributed by atoms with van der Waals surface area (Å²) in [5, 5.41) is 4.14. The first-order chi connectivity index (χ1) is 11.6. The van der Waals surface area contributed by atoms with E-state index in [2.05, 4.69) is 10.5 Å². The maximum absolute atomic E-state index is 12.2. The lowest BCUT2D eigenvalue weighted by Crippen LogP contribution is -2.20. The highest BCUT2D eigenvalue weighted by Crippen LogP contribution is 2.27. The van der Waals surface area contributed by atoms with Crippen LogP contribution in [0.4, 0.5) is 0 Å². The SMILES string of the molecule is COc1ccc(/C(C)=N/NC(=O)c2ccccc2OC)cc1OC. The van der Waals surface area contributed by atoms with Gasteiger partial charge in [0.15, 0.2) is 11.5 Å². The van der Waals surface area contributed by atoms with Gasteiger partial charge in [0.25, 0.3) is 5.91 Å². The molecule has 1 amide bonds. The van der Waals surface area contributed by atoms with Crippen LogP contribution in [-0.4, -0.2) is 32.9 Å². The van der Waals surface area contributed by atoms with Crippen LogP contribution in [-0.2, 0) is 0 Å². The Morgan fingerprint density at radius 1 is 0.917 bits per heavy atom. The number of para-hydroxylation sites is 1. The molecule has 6 heteroatoms. The normalized spacial score (nSPS) is 10.9. The molecule has 2 aromatic rings. The van der Waals surface area contributed by atoms with Gasteiger partial charge in [-0.2, -0.15) is 5.10 Å². The first-order valence-electron chi connectivity index (χ1n) is 7.30. The van der Waals surface area contributed by atoms with Gasteiger partial charge < -0.3 is 14.2 Å². The van der Waals surface area contributed by atoms with E-state index in [-0.39, 0.29) is 5.91 Å². The summed E-state index contributed by atoms with van der Waals surface area (Å²) >= 11 is 0. The number of nitrogens with one attached hydrogen (secondary N) is 1. The Hall–Kier alpha value is -3.02. The zero-order valence-corrected chi connectivity index (χ0v) is 14.1. The molecule has 2 rings (SSSR count). The number of benzene rings is 2. The van der Waals surface area contributed by atoms with Crippen LogP contribution in [0.5, 0.6) is 17.2 Å². The van der Waals surface area contributed by atoms with Crippen molar-refractivity contribution in [2.75, 3.05) is 21.3 Å². The van der Waals surface area contributed by atoms with Gasteiger partial charge in [-0.1, -0.05) is 12.1 Å². The summed E-state index contributed by atoms with van der Waals surface area (Å²) < 4.78 is 15.6. The number of hydrazone groups is 1.